The van der Waals surface area contributed by atoms with Gasteiger partial charge in [0.2, 0.25) is 0 Å². The molecule has 0 saturated carbocycles. The van der Waals surface area contributed by atoms with Gasteiger partial charge < -0.3 is 14.8 Å². The molecular formula is C13H22F3NO2. The summed E-state index contributed by atoms with van der Waals surface area (Å²) < 4.78 is 48.2. The van der Waals surface area contributed by atoms with Gasteiger partial charge >= 0.3 is 6.18 Å². The average Bonchev–Trinajstić information content (AvgIpc) is 2.27. The topological polar surface area (TPSA) is 30.5 Å². The minimum atomic E-state index is -4.10. The smallest absolute Gasteiger partial charge is 0.381 e. The lowest BCUT2D eigenvalue weighted by Crippen LogP contribution is -2.51. The van der Waals surface area contributed by atoms with Gasteiger partial charge in [-0.3, -0.25) is 0 Å². The molecule has 2 aliphatic rings. The van der Waals surface area contributed by atoms with E-state index >= 15 is 0 Å². The molecule has 6 heteroatoms. The number of hydrogen-bond donors (Lipinski definition) is 1. The largest absolute Gasteiger partial charge is 0.390 e. The van der Waals surface area contributed by atoms with Crippen molar-refractivity contribution in [1.82, 2.24) is 5.32 Å². The van der Waals surface area contributed by atoms with E-state index in [-0.39, 0.29) is 11.6 Å². The zero-order valence-electron chi connectivity index (χ0n) is 11.3. The maximum absolute atomic E-state index is 12.3. The van der Waals surface area contributed by atoms with Crippen LogP contribution in [-0.2, 0) is 9.47 Å². The maximum Gasteiger partial charge on any atom is 0.390 e. The Kier molecular flexibility index (Phi) is 4.74. The Labute approximate surface area is 111 Å². The molecule has 19 heavy (non-hydrogen) atoms. The van der Waals surface area contributed by atoms with E-state index in [0.29, 0.717) is 19.8 Å². The van der Waals surface area contributed by atoms with E-state index in [1.165, 1.54) is 0 Å². The van der Waals surface area contributed by atoms with E-state index in [4.69, 9.17) is 9.47 Å². The molecule has 2 heterocycles. The van der Waals surface area contributed by atoms with Gasteiger partial charge in [0.15, 0.2) is 0 Å². The van der Waals surface area contributed by atoms with Crippen LogP contribution in [0.15, 0.2) is 0 Å². The summed E-state index contributed by atoms with van der Waals surface area (Å²) >= 11 is 0. The Morgan fingerprint density at radius 2 is 1.95 bits per heavy atom. The van der Waals surface area contributed by atoms with E-state index in [1.54, 1.807) is 6.92 Å². The number of alkyl halides is 3. The van der Waals surface area contributed by atoms with Gasteiger partial charge in [-0.15, -0.1) is 0 Å². The first-order valence-corrected chi connectivity index (χ1v) is 6.93. The van der Waals surface area contributed by atoms with E-state index in [1.807, 2.05) is 0 Å². The molecule has 1 spiro atoms. The predicted molar refractivity (Wildman–Crippen MR) is 65.0 cm³/mol. The summed E-state index contributed by atoms with van der Waals surface area (Å²) in [6, 6.07) is -0.427. The summed E-state index contributed by atoms with van der Waals surface area (Å²) in [5, 5.41) is 3.11. The standard InChI is InChI=1S/C13H22F3NO2/c1-10(8-13(14,15)16)17-11-2-5-19-12(9-11)3-6-18-7-4-12/h10-11,17H,2-9H2,1H3. The van der Waals surface area contributed by atoms with Crippen LogP contribution in [0, 0.1) is 0 Å². The minimum Gasteiger partial charge on any atom is -0.381 e. The van der Waals surface area contributed by atoms with E-state index in [9.17, 15) is 13.2 Å². The molecule has 2 rings (SSSR count). The maximum atomic E-state index is 12.3. The van der Waals surface area contributed by atoms with Gasteiger partial charge in [0.1, 0.15) is 0 Å². The normalized spacial score (nSPS) is 29.4. The van der Waals surface area contributed by atoms with Crippen molar-refractivity contribution in [3.05, 3.63) is 0 Å². The fraction of sp³-hybridized carbons (Fsp3) is 1.00. The molecule has 2 saturated heterocycles. The Morgan fingerprint density at radius 1 is 1.26 bits per heavy atom. The lowest BCUT2D eigenvalue weighted by Gasteiger charge is -2.44. The van der Waals surface area contributed by atoms with Crippen molar-refractivity contribution in [2.24, 2.45) is 0 Å². The predicted octanol–water partition coefficient (Wildman–Crippen LogP) is 2.65. The van der Waals surface area contributed by atoms with Gasteiger partial charge in [-0.2, -0.15) is 13.2 Å². The van der Waals surface area contributed by atoms with E-state index in [2.05, 4.69) is 5.32 Å². The molecule has 0 aromatic heterocycles. The Bertz CT molecular complexity index is 285. The second kappa shape index (κ2) is 5.97. The second-order valence-corrected chi connectivity index (χ2v) is 5.72. The second-order valence-electron chi connectivity index (χ2n) is 5.72. The zero-order chi connectivity index (χ0) is 13.9. The quantitative estimate of drug-likeness (QED) is 0.862. The molecule has 0 amide bonds. The van der Waals surface area contributed by atoms with Crippen molar-refractivity contribution < 1.29 is 22.6 Å². The first-order valence-electron chi connectivity index (χ1n) is 6.93. The summed E-state index contributed by atoms with van der Waals surface area (Å²) in [4.78, 5) is 0. The van der Waals surface area contributed by atoms with Crippen molar-refractivity contribution >= 4 is 0 Å². The molecule has 0 radical (unpaired) electrons. The molecule has 0 bridgehead atoms. The van der Waals surface area contributed by atoms with E-state index < -0.39 is 18.6 Å². The summed E-state index contributed by atoms with van der Waals surface area (Å²) in [5.74, 6) is 0. The highest BCUT2D eigenvalue weighted by molar-refractivity contribution is 4.92. The number of ether oxygens (including phenoxy) is 2. The van der Waals surface area contributed by atoms with Crippen molar-refractivity contribution in [2.45, 2.75) is 62.9 Å². The number of hydrogen-bond acceptors (Lipinski definition) is 3. The van der Waals surface area contributed by atoms with Crippen LogP contribution in [0.1, 0.15) is 39.0 Å². The number of rotatable bonds is 3. The van der Waals surface area contributed by atoms with E-state index in [0.717, 1.165) is 25.7 Å². The lowest BCUT2D eigenvalue weighted by molar-refractivity contribution is -0.148. The lowest BCUT2D eigenvalue weighted by atomic mass is 9.84. The molecular weight excluding hydrogens is 259 g/mol. The Morgan fingerprint density at radius 3 is 2.58 bits per heavy atom. The third kappa shape index (κ3) is 4.61. The van der Waals surface area contributed by atoms with Gasteiger partial charge in [-0.1, -0.05) is 0 Å². The highest BCUT2D eigenvalue weighted by Gasteiger charge is 2.40. The Balaban J connectivity index is 1.83. The third-order valence-electron chi connectivity index (χ3n) is 3.95. The van der Waals surface area contributed by atoms with Crippen LogP contribution in [0.3, 0.4) is 0 Å². The molecule has 0 aromatic carbocycles. The SMILES string of the molecule is CC(CC(F)(F)F)NC1CCOC2(CCOCC2)C1. The van der Waals surface area contributed by atoms with Crippen LogP contribution in [0.2, 0.25) is 0 Å². The van der Waals surface area contributed by atoms with Gasteiger partial charge in [-0.25, -0.2) is 0 Å². The zero-order valence-corrected chi connectivity index (χ0v) is 11.3. The fourth-order valence-corrected chi connectivity index (χ4v) is 3.07. The monoisotopic (exact) mass is 281 g/mol. The van der Waals surface area contributed by atoms with Crippen molar-refractivity contribution in [3.8, 4) is 0 Å². The van der Waals surface area contributed by atoms with Crippen LogP contribution in [0.4, 0.5) is 13.2 Å². The summed E-state index contributed by atoms with van der Waals surface area (Å²) in [6.07, 6.45) is -1.62. The van der Waals surface area contributed by atoms with Crippen LogP contribution < -0.4 is 5.32 Å². The third-order valence-corrected chi connectivity index (χ3v) is 3.95. The average molecular weight is 281 g/mol. The Hall–Kier alpha value is -0.330. The van der Waals surface area contributed by atoms with Crippen molar-refractivity contribution in [3.63, 3.8) is 0 Å². The molecule has 0 aromatic rings. The van der Waals surface area contributed by atoms with Crippen LogP contribution in [0.25, 0.3) is 0 Å². The first-order chi connectivity index (χ1) is 8.89. The fourth-order valence-electron chi connectivity index (χ4n) is 3.07. The van der Waals surface area contributed by atoms with Crippen molar-refractivity contribution in [2.75, 3.05) is 19.8 Å². The highest BCUT2D eigenvalue weighted by atomic mass is 19.4. The summed E-state index contributed by atoms with van der Waals surface area (Å²) in [5.41, 5.74) is -0.174. The van der Waals surface area contributed by atoms with Crippen molar-refractivity contribution in [1.29, 1.82) is 0 Å². The van der Waals surface area contributed by atoms with Crippen LogP contribution >= 0.6 is 0 Å². The molecule has 1 N–H and O–H groups in total. The van der Waals surface area contributed by atoms with Gasteiger partial charge in [0, 0.05) is 31.9 Å². The van der Waals surface area contributed by atoms with Crippen LogP contribution in [0.5, 0.6) is 0 Å². The number of halogens is 3. The van der Waals surface area contributed by atoms with Gasteiger partial charge in [0.25, 0.3) is 0 Å². The number of nitrogens with one attached hydrogen (secondary N) is 1. The highest BCUT2D eigenvalue weighted by Crippen LogP contribution is 2.34. The molecule has 2 aliphatic heterocycles. The molecule has 2 atom stereocenters. The molecule has 2 unspecified atom stereocenters. The minimum absolute atomic E-state index is 0.115. The molecule has 2 fully saturated rings. The molecule has 3 nitrogen and oxygen atoms in total. The first kappa shape index (κ1) is 15.1. The van der Waals surface area contributed by atoms with Crippen LogP contribution in [-0.4, -0.2) is 43.7 Å². The molecule has 0 aliphatic carbocycles. The van der Waals surface area contributed by atoms with Gasteiger partial charge in [-0.05, 0) is 32.6 Å². The summed E-state index contributed by atoms with van der Waals surface area (Å²) in [6.45, 7) is 3.59. The van der Waals surface area contributed by atoms with Gasteiger partial charge in [0.05, 0.1) is 12.0 Å². The summed E-state index contributed by atoms with van der Waals surface area (Å²) in [7, 11) is 0. The molecule has 112 valence electrons.